The molecule has 0 radical (unpaired) electrons. The standard InChI is InChI=1S/C11H11BrF3NO2/c1-6(12)10(17)16-9-4-3-7(18-2)5-8(9)11(13,14)15/h3-6H,1-2H3,(H,16,17). The molecule has 0 saturated carbocycles. The molecule has 0 aliphatic rings. The number of ether oxygens (including phenoxy) is 1. The third kappa shape index (κ3) is 3.63. The van der Waals surface area contributed by atoms with Gasteiger partial charge in [-0.1, -0.05) is 15.9 Å². The zero-order valence-electron chi connectivity index (χ0n) is 9.64. The van der Waals surface area contributed by atoms with Gasteiger partial charge in [0.1, 0.15) is 5.75 Å². The number of carbonyl (C=O) groups is 1. The summed E-state index contributed by atoms with van der Waals surface area (Å²) in [6.45, 7) is 1.52. The van der Waals surface area contributed by atoms with E-state index in [0.29, 0.717) is 0 Å². The molecule has 1 rings (SSSR count). The largest absolute Gasteiger partial charge is 0.497 e. The number of nitrogens with one attached hydrogen (secondary N) is 1. The molecule has 1 amide bonds. The van der Waals surface area contributed by atoms with Crippen LogP contribution in [0.15, 0.2) is 18.2 Å². The lowest BCUT2D eigenvalue weighted by molar-refractivity contribution is -0.137. The van der Waals surface area contributed by atoms with E-state index in [0.717, 1.165) is 12.1 Å². The van der Waals surface area contributed by atoms with Crippen molar-refractivity contribution in [3.63, 3.8) is 0 Å². The van der Waals surface area contributed by atoms with Gasteiger partial charge in [0.05, 0.1) is 23.2 Å². The first-order valence-electron chi connectivity index (χ1n) is 4.96. The molecule has 0 heterocycles. The average molecular weight is 326 g/mol. The van der Waals surface area contributed by atoms with Crippen LogP contribution in [0.3, 0.4) is 0 Å². The van der Waals surface area contributed by atoms with Crippen molar-refractivity contribution < 1.29 is 22.7 Å². The smallest absolute Gasteiger partial charge is 0.418 e. The lowest BCUT2D eigenvalue weighted by Gasteiger charge is -2.15. The Morgan fingerprint density at radius 1 is 1.44 bits per heavy atom. The minimum absolute atomic E-state index is 0.0761. The van der Waals surface area contributed by atoms with Crippen molar-refractivity contribution in [1.82, 2.24) is 0 Å². The number of halogens is 4. The van der Waals surface area contributed by atoms with Gasteiger partial charge in [-0.25, -0.2) is 0 Å². The maximum absolute atomic E-state index is 12.8. The van der Waals surface area contributed by atoms with Crippen LogP contribution in [-0.2, 0) is 11.0 Å². The number of carbonyl (C=O) groups excluding carboxylic acids is 1. The molecule has 0 fully saturated rings. The zero-order valence-corrected chi connectivity index (χ0v) is 11.2. The van der Waals surface area contributed by atoms with Crippen LogP contribution in [0.5, 0.6) is 5.75 Å². The van der Waals surface area contributed by atoms with Gasteiger partial charge in [-0.2, -0.15) is 13.2 Å². The lowest BCUT2D eigenvalue weighted by atomic mass is 10.1. The first kappa shape index (κ1) is 14.8. The molecule has 1 unspecified atom stereocenters. The van der Waals surface area contributed by atoms with Gasteiger partial charge in [-0.15, -0.1) is 0 Å². The van der Waals surface area contributed by atoms with Crippen molar-refractivity contribution in [1.29, 1.82) is 0 Å². The molecule has 0 spiro atoms. The number of hydrogen-bond donors (Lipinski definition) is 1. The highest BCUT2D eigenvalue weighted by Gasteiger charge is 2.34. The van der Waals surface area contributed by atoms with E-state index in [4.69, 9.17) is 4.74 Å². The van der Waals surface area contributed by atoms with E-state index >= 15 is 0 Å². The third-order valence-electron chi connectivity index (χ3n) is 2.15. The average Bonchev–Trinajstić information content (AvgIpc) is 2.27. The maximum atomic E-state index is 12.8. The van der Waals surface area contributed by atoms with Gasteiger partial charge in [-0.3, -0.25) is 4.79 Å². The lowest BCUT2D eigenvalue weighted by Crippen LogP contribution is -2.22. The Balaban J connectivity index is 3.15. The molecular weight excluding hydrogens is 315 g/mol. The van der Waals surface area contributed by atoms with Crippen molar-refractivity contribution in [2.24, 2.45) is 0 Å². The van der Waals surface area contributed by atoms with Crippen molar-refractivity contribution in [2.75, 3.05) is 12.4 Å². The van der Waals surface area contributed by atoms with E-state index < -0.39 is 22.5 Å². The van der Waals surface area contributed by atoms with E-state index in [1.165, 1.54) is 20.1 Å². The van der Waals surface area contributed by atoms with E-state index in [9.17, 15) is 18.0 Å². The summed E-state index contributed by atoms with van der Waals surface area (Å²) in [6.07, 6.45) is -4.56. The number of amides is 1. The molecule has 18 heavy (non-hydrogen) atoms. The van der Waals surface area contributed by atoms with Crippen LogP contribution in [0.4, 0.5) is 18.9 Å². The summed E-state index contributed by atoms with van der Waals surface area (Å²) < 4.78 is 43.1. The number of benzene rings is 1. The molecule has 0 bridgehead atoms. The fraction of sp³-hybridized carbons (Fsp3) is 0.364. The molecule has 0 saturated heterocycles. The molecule has 1 N–H and O–H groups in total. The zero-order chi connectivity index (χ0) is 13.9. The summed E-state index contributed by atoms with van der Waals surface area (Å²) in [5, 5.41) is 2.21. The second kappa shape index (κ2) is 5.60. The Hall–Kier alpha value is -1.24. The van der Waals surface area contributed by atoms with Gasteiger partial charge in [-0.05, 0) is 25.1 Å². The summed E-state index contributed by atoms with van der Waals surface area (Å²) in [5.74, 6) is -0.474. The van der Waals surface area contributed by atoms with Gasteiger partial charge in [0.2, 0.25) is 5.91 Å². The van der Waals surface area contributed by atoms with Crippen LogP contribution >= 0.6 is 15.9 Å². The summed E-state index contributed by atoms with van der Waals surface area (Å²) in [7, 11) is 1.27. The fourth-order valence-corrected chi connectivity index (χ4v) is 1.34. The highest BCUT2D eigenvalue weighted by Crippen LogP contribution is 2.37. The quantitative estimate of drug-likeness (QED) is 0.864. The molecule has 7 heteroatoms. The molecular formula is C11H11BrF3NO2. The predicted molar refractivity (Wildman–Crippen MR) is 65.0 cm³/mol. The Labute approximate surface area is 110 Å². The number of methoxy groups -OCH3 is 1. The van der Waals surface area contributed by atoms with Crippen LogP contribution in [0.1, 0.15) is 12.5 Å². The monoisotopic (exact) mass is 325 g/mol. The minimum atomic E-state index is -4.56. The molecule has 100 valence electrons. The van der Waals surface area contributed by atoms with Crippen LogP contribution < -0.4 is 10.1 Å². The van der Waals surface area contributed by atoms with E-state index in [1.54, 1.807) is 0 Å². The molecule has 1 aromatic rings. The van der Waals surface area contributed by atoms with E-state index in [1.807, 2.05) is 0 Å². The van der Waals surface area contributed by atoms with Crippen molar-refractivity contribution in [3.05, 3.63) is 23.8 Å². The summed E-state index contributed by atoms with van der Waals surface area (Å²) in [5.41, 5.74) is -1.23. The second-order valence-corrected chi connectivity index (χ2v) is 4.89. The minimum Gasteiger partial charge on any atom is -0.497 e. The third-order valence-corrected chi connectivity index (χ3v) is 2.57. The van der Waals surface area contributed by atoms with Crippen molar-refractivity contribution in [2.45, 2.75) is 17.9 Å². The topological polar surface area (TPSA) is 38.3 Å². The number of anilines is 1. The molecule has 3 nitrogen and oxygen atoms in total. The Bertz CT molecular complexity index is 446. The Morgan fingerprint density at radius 2 is 2.06 bits per heavy atom. The van der Waals surface area contributed by atoms with Gasteiger partial charge in [0, 0.05) is 0 Å². The fourth-order valence-electron chi connectivity index (χ4n) is 1.23. The van der Waals surface area contributed by atoms with Gasteiger partial charge in [0.15, 0.2) is 0 Å². The predicted octanol–water partition coefficient (Wildman–Crippen LogP) is 3.44. The first-order valence-corrected chi connectivity index (χ1v) is 5.87. The normalized spacial score (nSPS) is 13.0. The van der Waals surface area contributed by atoms with Gasteiger partial charge >= 0.3 is 6.18 Å². The number of hydrogen-bond acceptors (Lipinski definition) is 2. The molecule has 0 aliphatic carbocycles. The van der Waals surface area contributed by atoms with Crippen LogP contribution in [0.25, 0.3) is 0 Å². The highest BCUT2D eigenvalue weighted by atomic mass is 79.9. The van der Waals surface area contributed by atoms with E-state index in [2.05, 4.69) is 21.2 Å². The molecule has 0 aromatic heterocycles. The van der Waals surface area contributed by atoms with Crippen molar-refractivity contribution >= 4 is 27.5 Å². The molecule has 1 aromatic carbocycles. The van der Waals surface area contributed by atoms with Crippen LogP contribution in [0.2, 0.25) is 0 Å². The highest BCUT2D eigenvalue weighted by molar-refractivity contribution is 9.10. The van der Waals surface area contributed by atoms with Gasteiger partial charge in [0.25, 0.3) is 0 Å². The van der Waals surface area contributed by atoms with Crippen molar-refractivity contribution in [3.8, 4) is 5.75 Å². The first-order chi connectivity index (χ1) is 8.25. The number of rotatable bonds is 3. The Morgan fingerprint density at radius 3 is 2.50 bits per heavy atom. The SMILES string of the molecule is COc1ccc(NC(=O)C(C)Br)c(C(F)(F)F)c1. The molecule has 0 aliphatic heterocycles. The second-order valence-electron chi connectivity index (χ2n) is 3.51. The molecule has 1 atom stereocenters. The Kier molecular flexibility index (Phi) is 4.61. The maximum Gasteiger partial charge on any atom is 0.418 e. The summed E-state index contributed by atoms with van der Waals surface area (Å²) >= 11 is 2.98. The van der Waals surface area contributed by atoms with Gasteiger partial charge < -0.3 is 10.1 Å². The van der Waals surface area contributed by atoms with Crippen LogP contribution in [0, 0.1) is 0 Å². The summed E-state index contributed by atoms with van der Waals surface area (Å²) in [6, 6.07) is 3.35. The van der Waals surface area contributed by atoms with E-state index in [-0.39, 0.29) is 11.4 Å². The number of alkyl halides is 4. The van der Waals surface area contributed by atoms with Crippen LogP contribution in [-0.4, -0.2) is 17.8 Å². The summed E-state index contributed by atoms with van der Waals surface area (Å²) in [4.78, 5) is 10.8.